The minimum atomic E-state index is -0.368. The lowest BCUT2D eigenvalue weighted by Gasteiger charge is -2.19. The summed E-state index contributed by atoms with van der Waals surface area (Å²) < 4.78 is 7.41. The van der Waals surface area contributed by atoms with Gasteiger partial charge in [-0.05, 0) is 32.3 Å². The summed E-state index contributed by atoms with van der Waals surface area (Å²) in [6.45, 7) is 1.47. The number of anilines is 1. The van der Waals surface area contributed by atoms with Gasteiger partial charge in [0.1, 0.15) is 17.8 Å². The van der Waals surface area contributed by atoms with Gasteiger partial charge in [-0.2, -0.15) is 0 Å². The van der Waals surface area contributed by atoms with Crippen molar-refractivity contribution in [2.75, 3.05) is 46.6 Å². The molecule has 0 atom stereocenters. The predicted molar refractivity (Wildman–Crippen MR) is 125 cm³/mol. The first-order valence-electron chi connectivity index (χ1n) is 10.4. The smallest absolute Gasteiger partial charge is 0.409 e. The fourth-order valence-corrected chi connectivity index (χ4v) is 3.51. The molecule has 0 bridgehead atoms. The van der Waals surface area contributed by atoms with E-state index in [0.29, 0.717) is 18.1 Å². The lowest BCUT2D eigenvalue weighted by Crippen LogP contribution is -2.33. The third-order valence-corrected chi connectivity index (χ3v) is 5.29. The number of rotatable bonds is 7. The average molecular weight is 437 g/mol. The van der Waals surface area contributed by atoms with Crippen molar-refractivity contribution in [2.45, 2.75) is 6.61 Å². The van der Waals surface area contributed by atoms with Crippen LogP contribution < -0.4 is 5.32 Å². The van der Waals surface area contributed by atoms with Crippen LogP contribution in [0.2, 0.25) is 0 Å². The molecular weight excluding hydrogens is 408 g/mol. The van der Waals surface area contributed by atoms with Crippen LogP contribution >= 0.6 is 0 Å². The Bertz CT molecular complexity index is 1260. The minimum absolute atomic E-state index is 0.104. The van der Waals surface area contributed by atoms with Crippen molar-refractivity contribution < 1.29 is 9.53 Å². The Morgan fingerprint density at radius 3 is 2.78 bits per heavy atom. The number of aryl methyl sites for hydroxylation is 1. The molecule has 10 heteroatoms. The van der Waals surface area contributed by atoms with Crippen LogP contribution in [0.15, 0.2) is 30.6 Å². The highest BCUT2D eigenvalue weighted by atomic mass is 16.6. The van der Waals surface area contributed by atoms with Gasteiger partial charge in [0.2, 0.25) is 0 Å². The number of H-pyrrole nitrogens is 1. The Balaban J connectivity index is 1.56. The van der Waals surface area contributed by atoms with Crippen molar-refractivity contribution in [3.05, 3.63) is 36.3 Å². The maximum absolute atomic E-state index is 12.2. The number of aromatic amines is 1. The second kappa shape index (κ2) is 8.83. The van der Waals surface area contributed by atoms with E-state index in [1.807, 2.05) is 61.9 Å². The van der Waals surface area contributed by atoms with Crippen molar-refractivity contribution in [1.82, 2.24) is 34.3 Å². The summed E-state index contributed by atoms with van der Waals surface area (Å²) in [4.78, 5) is 33.0. The van der Waals surface area contributed by atoms with E-state index in [1.165, 1.54) is 0 Å². The van der Waals surface area contributed by atoms with E-state index in [4.69, 9.17) is 4.74 Å². The lowest BCUT2D eigenvalue weighted by molar-refractivity contribution is 0.101. The molecule has 0 spiro atoms. The van der Waals surface area contributed by atoms with Crippen molar-refractivity contribution in [2.24, 2.45) is 7.05 Å². The number of carbonyl (C=O) groups is 1. The van der Waals surface area contributed by atoms with Crippen LogP contribution in [0.5, 0.6) is 0 Å². The molecule has 10 nitrogen and oxygen atoms in total. The average Bonchev–Trinajstić information content (AvgIpc) is 3.38. The molecule has 4 rings (SSSR count). The molecule has 0 aliphatic heterocycles. The Hall–Kier alpha value is -3.66. The highest BCUT2D eigenvalue weighted by Gasteiger charge is 2.16. The Kier molecular flexibility index (Phi) is 5.95. The van der Waals surface area contributed by atoms with Crippen LogP contribution in [0.4, 0.5) is 10.6 Å². The molecule has 1 amide bonds. The molecule has 0 saturated heterocycles. The van der Waals surface area contributed by atoms with E-state index in [0.717, 1.165) is 40.0 Å². The van der Waals surface area contributed by atoms with Crippen LogP contribution in [0.25, 0.3) is 33.5 Å². The van der Waals surface area contributed by atoms with E-state index in [9.17, 15) is 4.79 Å². The minimum Gasteiger partial charge on any atom is -0.443 e. The van der Waals surface area contributed by atoms with Crippen molar-refractivity contribution in [3.63, 3.8) is 0 Å². The summed E-state index contributed by atoms with van der Waals surface area (Å²) in [5.41, 5.74) is 4.82. The van der Waals surface area contributed by atoms with Gasteiger partial charge in [0.05, 0.1) is 28.9 Å². The van der Waals surface area contributed by atoms with Gasteiger partial charge >= 0.3 is 6.09 Å². The van der Waals surface area contributed by atoms with Gasteiger partial charge in [0, 0.05) is 39.6 Å². The maximum atomic E-state index is 12.2. The number of aromatic nitrogens is 5. The molecule has 0 aromatic carbocycles. The first-order chi connectivity index (χ1) is 15.4. The third kappa shape index (κ3) is 4.22. The van der Waals surface area contributed by atoms with Crippen LogP contribution in [0.3, 0.4) is 0 Å². The maximum Gasteiger partial charge on any atom is 0.409 e. The number of hydrogen-bond acceptors (Lipinski definition) is 7. The number of carbonyl (C=O) groups excluding carboxylic acids is 1. The van der Waals surface area contributed by atoms with Gasteiger partial charge in [-0.25, -0.2) is 19.7 Å². The number of ether oxygens (including phenoxy) is 1. The first kappa shape index (κ1) is 21.6. The quantitative estimate of drug-likeness (QED) is 0.459. The first-order valence-corrected chi connectivity index (χ1v) is 10.4. The predicted octanol–water partition coefficient (Wildman–Crippen LogP) is 2.68. The normalized spacial score (nSPS) is 11.4. The third-order valence-electron chi connectivity index (χ3n) is 5.29. The molecule has 4 heterocycles. The Morgan fingerprint density at radius 1 is 1.22 bits per heavy atom. The monoisotopic (exact) mass is 436 g/mol. The summed E-state index contributed by atoms with van der Waals surface area (Å²) in [5, 5.41) is 4.08. The molecule has 32 heavy (non-hydrogen) atoms. The van der Waals surface area contributed by atoms with E-state index in [2.05, 4.69) is 25.3 Å². The van der Waals surface area contributed by atoms with Gasteiger partial charge in [-0.15, -0.1) is 0 Å². The zero-order valence-corrected chi connectivity index (χ0v) is 19.0. The molecule has 0 aliphatic rings. The lowest BCUT2D eigenvalue weighted by atomic mass is 10.2. The summed E-state index contributed by atoms with van der Waals surface area (Å²) in [5.74, 6) is 0.716. The summed E-state index contributed by atoms with van der Waals surface area (Å²) in [6.07, 6.45) is 1.41. The standard InChI is InChI=1S/C22H28N8O2/c1-23-21-18-19(30(5)13-24-18)15-11-17(26-20(15)27-21)16-8-6-7-14(25-16)12-32-22(31)29(4)10-9-28(2)3/h6-8,11,13H,9-10,12H2,1-5H3,(H2,23,26,27). The zero-order chi connectivity index (χ0) is 22.8. The number of hydrogen-bond donors (Lipinski definition) is 2. The van der Waals surface area contributed by atoms with Crippen molar-refractivity contribution in [3.8, 4) is 11.4 Å². The van der Waals surface area contributed by atoms with Crippen LogP contribution in [0.1, 0.15) is 5.69 Å². The molecule has 4 aromatic rings. The number of pyridine rings is 2. The van der Waals surface area contributed by atoms with Crippen molar-refractivity contribution >= 4 is 34.0 Å². The van der Waals surface area contributed by atoms with Gasteiger partial charge in [-0.1, -0.05) is 6.07 Å². The number of imidazole rings is 1. The molecule has 0 saturated carbocycles. The Labute approximate surface area is 186 Å². The summed E-state index contributed by atoms with van der Waals surface area (Å²) in [7, 11) is 9.45. The molecule has 0 fully saturated rings. The molecule has 0 aliphatic carbocycles. The summed E-state index contributed by atoms with van der Waals surface area (Å²) >= 11 is 0. The van der Waals surface area contributed by atoms with Crippen LogP contribution in [0, 0.1) is 0 Å². The number of amides is 1. The fraction of sp³-hybridized carbons (Fsp3) is 0.364. The molecule has 2 N–H and O–H groups in total. The number of nitrogens with one attached hydrogen (secondary N) is 2. The highest BCUT2D eigenvalue weighted by molar-refractivity contribution is 6.07. The van der Waals surface area contributed by atoms with Crippen molar-refractivity contribution in [1.29, 1.82) is 0 Å². The summed E-state index contributed by atoms with van der Waals surface area (Å²) in [6, 6.07) is 7.69. The molecule has 0 unspecified atom stereocenters. The van der Waals surface area contributed by atoms with Crippen LogP contribution in [-0.2, 0) is 18.4 Å². The largest absolute Gasteiger partial charge is 0.443 e. The number of fused-ring (bicyclic) bond motifs is 3. The zero-order valence-electron chi connectivity index (χ0n) is 19.0. The molecular formula is C22H28N8O2. The van der Waals surface area contributed by atoms with E-state index < -0.39 is 0 Å². The van der Waals surface area contributed by atoms with E-state index >= 15 is 0 Å². The Morgan fingerprint density at radius 2 is 2.03 bits per heavy atom. The van der Waals surface area contributed by atoms with E-state index in [-0.39, 0.29) is 12.7 Å². The second-order valence-electron chi connectivity index (χ2n) is 8.00. The second-order valence-corrected chi connectivity index (χ2v) is 8.00. The molecule has 0 radical (unpaired) electrons. The SMILES string of the molecule is CNc1nc2[nH]c(-c3cccc(COC(=O)N(C)CCN(C)C)n3)cc2c2c1ncn2C. The number of nitrogens with zero attached hydrogens (tertiary/aromatic N) is 6. The number of likely N-dealkylation sites (N-methyl/N-ethyl adjacent to an activating group) is 2. The van der Waals surface area contributed by atoms with Gasteiger partial charge in [0.15, 0.2) is 5.82 Å². The fourth-order valence-electron chi connectivity index (χ4n) is 3.51. The highest BCUT2D eigenvalue weighted by Crippen LogP contribution is 2.31. The van der Waals surface area contributed by atoms with Gasteiger partial charge in [0.25, 0.3) is 0 Å². The van der Waals surface area contributed by atoms with E-state index in [1.54, 1.807) is 18.3 Å². The molecule has 4 aromatic heterocycles. The molecule has 168 valence electrons. The topological polar surface area (TPSA) is 104 Å². The van der Waals surface area contributed by atoms with Crippen LogP contribution in [-0.4, -0.2) is 81.7 Å². The van der Waals surface area contributed by atoms with Gasteiger partial charge in [-0.3, -0.25) is 0 Å². The van der Waals surface area contributed by atoms with Gasteiger partial charge < -0.3 is 29.4 Å².